The molecule has 6 heteroatoms. The highest BCUT2D eigenvalue weighted by atomic mass is 19.1. The number of aryl methyl sites for hydroxylation is 1. The molecule has 6 rings (SSSR count). The van der Waals surface area contributed by atoms with Crippen molar-refractivity contribution in [2.45, 2.75) is 82.6 Å². The molecule has 1 saturated heterocycles. The quantitative estimate of drug-likeness (QED) is 0.590. The first-order valence-electron chi connectivity index (χ1n) is 14.7. The van der Waals surface area contributed by atoms with Gasteiger partial charge in [0.25, 0.3) is 0 Å². The predicted molar refractivity (Wildman–Crippen MR) is 149 cm³/mol. The maximum Gasteiger partial charge on any atom is 0.108 e. The van der Waals surface area contributed by atoms with Gasteiger partial charge in [-0.1, -0.05) is 18.2 Å². The zero-order valence-corrected chi connectivity index (χ0v) is 22.5. The number of aromatic nitrogens is 1. The lowest BCUT2D eigenvalue weighted by molar-refractivity contribution is 0.0679. The summed E-state index contributed by atoms with van der Waals surface area (Å²) in [4.78, 5) is 10.2. The minimum atomic E-state index is -0.977. The number of rotatable bonds is 6. The molecule has 3 heterocycles. The van der Waals surface area contributed by atoms with Gasteiger partial charge in [0, 0.05) is 63.7 Å². The van der Waals surface area contributed by atoms with Crippen molar-refractivity contribution in [1.82, 2.24) is 20.5 Å². The summed E-state index contributed by atoms with van der Waals surface area (Å²) in [6, 6.07) is 12.0. The van der Waals surface area contributed by atoms with Gasteiger partial charge in [-0.15, -0.1) is 0 Å². The van der Waals surface area contributed by atoms with Gasteiger partial charge in [0.15, 0.2) is 0 Å². The van der Waals surface area contributed by atoms with Gasteiger partial charge in [0.1, 0.15) is 5.67 Å². The van der Waals surface area contributed by atoms with E-state index in [1.165, 1.54) is 35.3 Å². The van der Waals surface area contributed by atoms with Crippen LogP contribution in [0.4, 0.5) is 10.1 Å². The molecule has 1 aromatic carbocycles. The van der Waals surface area contributed by atoms with E-state index >= 15 is 0 Å². The molecule has 2 N–H and O–H groups in total. The highest BCUT2D eigenvalue weighted by Crippen LogP contribution is 2.39. The van der Waals surface area contributed by atoms with Crippen LogP contribution in [-0.4, -0.2) is 60.9 Å². The monoisotopic (exact) mass is 505 g/mol. The van der Waals surface area contributed by atoms with Crippen LogP contribution in [0.3, 0.4) is 0 Å². The molecular weight excluding hydrogens is 461 g/mol. The van der Waals surface area contributed by atoms with Crippen molar-refractivity contribution in [1.29, 1.82) is 0 Å². The number of anilines is 1. The second kappa shape index (κ2) is 11.0. The van der Waals surface area contributed by atoms with Crippen molar-refractivity contribution in [3.63, 3.8) is 0 Å². The summed E-state index contributed by atoms with van der Waals surface area (Å²) in [6.45, 7) is 9.11. The number of nitrogens with one attached hydrogen (secondary N) is 2. The predicted octanol–water partition coefficient (Wildman–Crippen LogP) is 4.80. The van der Waals surface area contributed by atoms with Crippen molar-refractivity contribution >= 4 is 5.69 Å². The van der Waals surface area contributed by atoms with Crippen LogP contribution in [0, 0.1) is 5.92 Å². The lowest BCUT2D eigenvalue weighted by atomic mass is 9.80. The van der Waals surface area contributed by atoms with Gasteiger partial charge in [-0.2, -0.15) is 0 Å². The Balaban J connectivity index is 1.23. The third kappa shape index (κ3) is 5.71. The Labute approximate surface area is 222 Å². The number of fused-ring (bicyclic) bond motifs is 2. The molecule has 0 unspecified atom stereocenters. The van der Waals surface area contributed by atoms with E-state index in [2.05, 4.69) is 50.8 Å². The molecule has 2 aliphatic heterocycles. The highest BCUT2D eigenvalue weighted by Gasteiger charge is 2.35. The van der Waals surface area contributed by atoms with Crippen LogP contribution in [0.5, 0.6) is 0 Å². The second-order valence-corrected chi connectivity index (χ2v) is 12.2. The van der Waals surface area contributed by atoms with Gasteiger partial charge in [-0.3, -0.25) is 9.88 Å². The van der Waals surface area contributed by atoms with E-state index in [4.69, 9.17) is 4.98 Å². The first-order valence-corrected chi connectivity index (χ1v) is 14.7. The minimum Gasteiger partial charge on any atom is -0.369 e. The fourth-order valence-corrected chi connectivity index (χ4v) is 7.27. The number of hydrogen-bond donors (Lipinski definition) is 2. The lowest BCUT2D eigenvalue weighted by Crippen LogP contribution is -2.49. The number of benzene rings is 1. The number of nitrogens with zero attached hydrogens (tertiary/aromatic N) is 3. The van der Waals surface area contributed by atoms with Gasteiger partial charge in [-0.25, -0.2) is 4.39 Å². The number of piperazine rings is 1. The summed E-state index contributed by atoms with van der Waals surface area (Å²) in [5.74, 6) is 0.574. The van der Waals surface area contributed by atoms with Gasteiger partial charge < -0.3 is 15.5 Å². The minimum absolute atomic E-state index is 0.371. The Morgan fingerprint density at radius 1 is 1.05 bits per heavy atom. The Morgan fingerprint density at radius 2 is 1.86 bits per heavy atom. The standard InChI is InChI=1S/C31H44FN5/c1-31(32)12-10-23(11-13-31)21-37(29-9-2-5-24-7-4-14-34-30(24)29)22-26-19-27-25(20-35-26)6-3-8-28(27)36-17-15-33-16-18-36/h3-4,6-8,14,23,26,29,33,35H,2,5,9-13,15-22H2,1H3/t23?,26-,29+,31?/m1/s1. The summed E-state index contributed by atoms with van der Waals surface area (Å²) < 4.78 is 14.6. The van der Waals surface area contributed by atoms with Crippen molar-refractivity contribution in [3.8, 4) is 0 Å². The number of alkyl halides is 1. The zero-order chi connectivity index (χ0) is 25.2. The third-order valence-electron chi connectivity index (χ3n) is 9.44. The fourth-order valence-electron chi connectivity index (χ4n) is 7.27. The number of hydrogen-bond acceptors (Lipinski definition) is 5. The van der Waals surface area contributed by atoms with Gasteiger partial charge in [-0.05, 0) is 93.0 Å². The van der Waals surface area contributed by atoms with Crippen molar-refractivity contribution in [2.75, 3.05) is 44.2 Å². The summed E-state index contributed by atoms with van der Waals surface area (Å²) in [7, 11) is 0. The highest BCUT2D eigenvalue weighted by molar-refractivity contribution is 5.58. The van der Waals surface area contributed by atoms with Crippen LogP contribution in [0.1, 0.15) is 73.9 Å². The van der Waals surface area contributed by atoms with Gasteiger partial charge in [0.05, 0.1) is 11.7 Å². The smallest absolute Gasteiger partial charge is 0.108 e. The zero-order valence-electron chi connectivity index (χ0n) is 22.5. The topological polar surface area (TPSA) is 43.4 Å². The first-order chi connectivity index (χ1) is 18.1. The van der Waals surface area contributed by atoms with Crippen molar-refractivity contribution < 1.29 is 4.39 Å². The molecular formula is C31H44FN5. The molecule has 2 fully saturated rings. The summed E-state index contributed by atoms with van der Waals surface area (Å²) in [5.41, 5.74) is 6.18. The Hall–Kier alpha value is -2.02. The van der Waals surface area contributed by atoms with E-state index in [9.17, 15) is 4.39 Å². The molecule has 1 saturated carbocycles. The molecule has 0 bridgehead atoms. The maximum absolute atomic E-state index is 14.6. The van der Waals surface area contributed by atoms with E-state index in [1.807, 2.05) is 6.20 Å². The van der Waals surface area contributed by atoms with E-state index < -0.39 is 5.67 Å². The lowest BCUT2D eigenvalue weighted by Gasteiger charge is -2.42. The third-order valence-corrected chi connectivity index (χ3v) is 9.44. The van der Waals surface area contributed by atoms with Crippen molar-refractivity contribution in [3.05, 3.63) is 58.9 Å². The second-order valence-electron chi connectivity index (χ2n) is 12.2. The van der Waals surface area contributed by atoms with Crippen LogP contribution in [-0.2, 0) is 19.4 Å². The van der Waals surface area contributed by atoms with E-state index in [-0.39, 0.29) is 0 Å². The van der Waals surface area contributed by atoms with Crippen LogP contribution >= 0.6 is 0 Å². The average Bonchev–Trinajstić information content (AvgIpc) is 2.93. The number of halogens is 1. The molecule has 2 aliphatic carbocycles. The average molecular weight is 506 g/mol. The molecule has 0 spiro atoms. The summed E-state index contributed by atoms with van der Waals surface area (Å²) in [5, 5.41) is 7.39. The molecule has 4 aliphatic rings. The molecule has 37 heavy (non-hydrogen) atoms. The van der Waals surface area contributed by atoms with Crippen LogP contribution < -0.4 is 15.5 Å². The SMILES string of the molecule is CC1(F)CCC(CN(C[C@H]2Cc3c(cccc3N3CCNCC3)CN2)[C@H]2CCCc3cccnc32)CC1. The van der Waals surface area contributed by atoms with Crippen molar-refractivity contribution in [2.24, 2.45) is 5.92 Å². The molecule has 1 aromatic heterocycles. The molecule has 2 atom stereocenters. The Kier molecular flexibility index (Phi) is 7.51. The Bertz CT molecular complexity index is 1060. The Morgan fingerprint density at radius 3 is 2.70 bits per heavy atom. The van der Waals surface area contributed by atoms with E-state index in [0.29, 0.717) is 30.8 Å². The fraction of sp³-hybridized carbons (Fsp3) is 0.645. The molecule has 0 radical (unpaired) electrons. The van der Waals surface area contributed by atoms with Crippen LogP contribution in [0.25, 0.3) is 0 Å². The normalized spacial score (nSPS) is 30.1. The largest absolute Gasteiger partial charge is 0.369 e. The van der Waals surface area contributed by atoms with E-state index in [0.717, 1.165) is 71.5 Å². The summed E-state index contributed by atoms with van der Waals surface area (Å²) >= 11 is 0. The van der Waals surface area contributed by atoms with Crippen LogP contribution in [0.15, 0.2) is 36.5 Å². The summed E-state index contributed by atoms with van der Waals surface area (Å²) in [6.07, 6.45) is 9.98. The van der Waals surface area contributed by atoms with E-state index in [1.54, 1.807) is 12.5 Å². The van der Waals surface area contributed by atoms with Gasteiger partial charge >= 0.3 is 0 Å². The maximum atomic E-state index is 14.6. The van der Waals surface area contributed by atoms with Crippen LogP contribution in [0.2, 0.25) is 0 Å². The molecule has 2 aromatic rings. The number of pyridine rings is 1. The molecule has 0 amide bonds. The molecule has 200 valence electrons. The van der Waals surface area contributed by atoms with Gasteiger partial charge in [0.2, 0.25) is 0 Å². The molecule has 5 nitrogen and oxygen atoms in total. The first kappa shape index (κ1) is 25.3.